The van der Waals surface area contributed by atoms with Crippen molar-refractivity contribution in [3.8, 4) is 0 Å². The van der Waals surface area contributed by atoms with Crippen molar-refractivity contribution >= 4 is 5.91 Å². The van der Waals surface area contributed by atoms with Crippen molar-refractivity contribution < 1.29 is 14.3 Å². The summed E-state index contributed by atoms with van der Waals surface area (Å²) in [5.41, 5.74) is 0.877. The van der Waals surface area contributed by atoms with Crippen molar-refractivity contribution in [1.29, 1.82) is 0 Å². The Morgan fingerprint density at radius 3 is 2.85 bits per heavy atom. The van der Waals surface area contributed by atoms with E-state index in [9.17, 15) is 9.90 Å². The third-order valence-electron chi connectivity index (χ3n) is 5.98. The molecule has 0 radical (unpaired) electrons. The zero-order chi connectivity index (χ0) is 18.3. The molecule has 26 heavy (non-hydrogen) atoms. The molecule has 2 fully saturated rings. The fourth-order valence-electron chi connectivity index (χ4n) is 3.98. The minimum Gasteiger partial charge on any atom is -0.456 e. The number of rotatable bonds is 5. The van der Waals surface area contributed by atoms with E-state index in [2.05, 4.69) is 15.6 Å². The van der Waals surface area contributed by atoms with Gasteiger partial charge in [0.15, 0.2) is 5.76 Å². The van der Waals surface area contributed by atoms with Crippen molar-refractivity contribution in [2.24, 2.45) is 5.92 Å². The van der Waals surface area contributed by atoms with Crippen LogP contribution in [0, 0.1) is 19.8 Å². The Morgan fingerprint density at radius 1 is 1.38 bits per heavy atom. The molecule has 7 nitrogen and oxygen atoms in total. The Labute approximate surface area is 152 Å². The molecule has 2 aromatic heterocycles. The second-order valence-corrected chi connectivity index (χ2v) is 7.83. The molecule has 0 aliphatic heterocycles. The first-order valence-corrected chi connectivity index (χ1v) is 9.45. The molecular formula is C19H26N4O3. The van der Waals surface area contributed by atoms with Crippen molar-refractivity contribution in [2.75, 3.05) is 0 Å². The number of aromatic nitrogens is 3. The molecule has 2 saturated carbocycles. The Hall–Kier alpha value is -2.15. The molecule has 7 heteroatoms. The van der Waals surface area contributed by atoms with Crippen LogP contribution < -0.4 is 5.32 Å². The van der Waals surface area contributed by atoms with E-state index < -0.39 is 5.60 Å². The number of hydrogen-bond acceptors (Lipinski definition) is 5. The summed E-state index contributed by atoms with van der Waals surface area (Å²) >= 11 is 0. The monoisotopic (exact) mass is 358 g/mol. The molecule has 2 heterocycles. The summed E-state index contributed by atoms with van der Waals surface area (Å²) in [6.45, 7) is 4.50. The van der Waals surface area contributed by atoms with Crippen LogP contribution >= 0.6 is 0 Å². The van der Waals surface area contributed by atoms with Gasteiger partial charge in [-0.05, 0) is 63.5 Å². The van der Waals surface area contributed by atoms with Gasteiger partial charge in [-0.25, -0.2) is 0 Å². The number of nitrogens with zero attached hydrogens (tertiary/aromatic N) is 3. The van der Waals surface area contributed by atoms with Crippen LogP contribution in [0.5, 0.6) is 0 Å². The van der Waals surface area contributed by atoms with Crippen molar-refractivity contribution in [3.63, 3.8) is 0 Å². The van der Waals surface area contributed by atoms with Crippen LogP contribution in [0.15, 0.2) is 16.7 Å². The average molecular weight is 358 g/mol. The minimum absolute atomic E-state index is 0.104. The van der Waals surface area contributed by atoms with E-state index in [1.54, 1.807) is 6.07 Å². The van der Waals surface area contributed by atoms with Crippen LogP contribution in [0.1, 0.15) is 66.1 Å². The van der Waals surface area contributed by atoms with E-state index in [4.69, 9.17) is 4.42 Å². The molecule has 2 aromatic rings. The Morgan fingerprint density at radius 2 is 2.19 bits per heavy atom. The van der Waals surface area contributed by atoms with E-state index in [0.29, 0.717) is 23.9 Å². The van der Waals surface area contributed by atoms with Gasteiger partial charge in [0, 0.05) is 12.6 Å². The number of amides is 1. The molecule has 140 valence electrons. The van der Waals surface area contributed by atoms with E-state index in [1.807, 2.05) is 24.7 Å². The normalized spacial score (nSPS) is 24.4. The van der Waals surface area contributed by atoms with Crippen LogP contribution in [-0.4, -0.2) is 32.0 Å². The van der Waals surface area contributed by atoms with Gasteiger partial charge in [-0.15, -0.1) is 5.10 Å². The molecule has 1 amide bonds. The zero-order valence-corrected chi connectivity index (χ0v) is 15.4. The summed E-state index contributed by atoms with van der Waals surface area (Å²) in [6, 6.07) is 1.89. The van der Waals surface area contributed by atoms with Gasteiger partial charge in [0.05, 0.1) is 6.20 Å². The van der Waals surface area contributed by atoms with Crippen LogP contribution in [0.25, 0.3) is 0 Å². The summed E-state index contributed by atoms with van der Waals surface area (Å²) in [6.07, 6.45) is 7.49. The molecule has 4 rings (SSSR count). The maximum absolute atomic E-state index is 12.5. The maximum Gasteiger partial charge on any atom is 0.287 e. The Balaban J connectivity index is 1.39. The van der Waals surface area contributed by atoms with Crippen molar-refractivity contribution in [2.45, 2.75) is 70.6 Å². The highest BCUT2D eigenvalue weighted by Crippen LogP contribution is 2.39. The molecule has 0 bridgehead atoms. The summed E-state index contributed by atoms with van der Waals surface area (Å²) in [4.78, 5) is 12.5. The van der Waals surface area contributed by atoms with E-state index in [-0.39, 0.29) is 11.9 Å². The summed E-state index contributed by atoms with van der Waals surface area (Å²) in [5, 5.41) is 21.9. The fourth-order valence-corrected chi connectivity index (χ4v) is 3.98. The first-order chi connectivity index (χ1) is 12.4. The Bertz CT molecular complexity index is 786. The molecule has 2 aliphatic carbocycles. The first-order valence-electron chi connectivity index (χ1n) is 9.45. The van der Waals surface area contributed by atoms with Gasteiger partial charge in [0.1, 0.15) is 17.1 Å². The SMILES string of the molecule is Cc1cc(C(=O)N[C@@H]2CCC[C@@H]2Cn2cc(C3(O)CCC3)nn2)oc1C. The number of aryl methyl sites for hydroxylation is 2. The smallest absolute Gasteiger partial charge is 0.287 e. The van der Waals surface area contributed by atoms with E-state index in [0.717, 1.165) is 49.8 Å². The molecule has 2 N–H and O–H groups in total. The van der Waals surface area contributed by atoms with Gasteiger partial charge < -0.3 is 14.8 Å². The summed E-state index contributed by atoms with van der Waals surface area (Å²) < 4.78 is 7.34. The topological polar surface area (TPSA) is 93.2 Å². The number of carbonyl (C=O) groups excluding carboxylic acids is 1. The average Bonchev–Trinajstić information content (AvgIpc) is 3.29. The lowest BCUT2D eigenvalue weighted by Crippen LogP contribution is -2.38. The molecule has 2 aliphatic rings. The van der Waals surface area contributed by atoms with Gasteiger partial charge in [0.25, 0.3) is 5.91 Å². The van der Waals surface area contributed by atoms with Crippen LogP contribution in [0.4, 0.5) is 0 Å². The number of furan rings is 1. The summed E-state index contributed by atoms with van der Waals surface area (Å²) in [5.74, 6) is 1.31. The van der Waals surface area contributed by atoms with Gasteiger partial charge >= 0.3 is 0 Å². The predicted molar refractivity (Wildman–Crippen MR) is 94.5 cm³/mol. The third-order valence-corrected chi connectivity index (χ3v) is 5.98. The number of carbonyl (C=O) groups is 1. The highest BCUT2D eigenvalue weighted by molar-refractivity contribution is 5.92. The van der Waals surface area contributed by atoms with Gasteiger partial charge in [-0.1, -0.05) is 11.6 Å². The van der Waals surface area contributed by atoms with Crippen LogP contribution in [0.3, 0.4) is 0 Å². The highest BCUT2D eigenvalue weighted by atomic mass is 16.3. The quantitative estimate of drug-likeness (QED) is 0.856. The van der Waals surface area contributed by atoms with Crippen molar-refractivity contribution in [1.82, 2.24) is 20.3 Å². The molecule has 0 saturated heterocycles. The Kier molecular flexibility index (Phi) is 4.34. The fraction of sp³-hybridized carbons (Fsp3) is 0.632. The van der Waals surface area contributed by atoms with Gasteiger partial charge in [0.2, 0.25) is 0 Å². The number of aliphatic hydroxyl groups is 1. The van der Waals surface area contributed by atoms with E-state index >= 15 is 0 Å². The van der Waals surface area contributed by atoms with Gasteiger partial charge in [-0.3, -0.25) is 9.48 Å². The highest BCUT2D eigenvalue weighted by Gasteiger charge is 2.39. The van der Waals surface area contributed by atoms with Crippen LogP contribution in [-0.2, 0) is 12.1 Å². The van der Waals surface area contributed by atoms with Gasteiger partial charge in [-0.2, -0.15) is 0 Å². The third kappa shape index (κ3) is 3.16. The summed E-state index contributed by atoms with van der Waals surface area (Å²) in [7, 11) is 0. The second kappa shape index (κ2) is 6.54. The number of nitrogens with one attached hydrogen (secondary N) is 1. The lowest BCUT2D eigenvalue weighted by Gasteiger charge is -2.34. The molecule has 0 spiro atoms. The van der Waals surface area contributed by atoms with Crippen LogP contribution in [0.2, 0.25) is 0 Å². The molecule has 0 aromatic carbocycles. The minimum atomic E-state index is -0.781. The standard InChI is InChI=1S/C19H26N4O3/c1-12-9-16(26-13(12)2)18(24)20-15-6-3-5-14(15)10-23-11-17(21-22-23)19(25)7-4-8-19/h9,11,14-15,25H,3-8,10H2,1-2H3,(H,20,24)/t14-,15-/m1/s1. The molecule has 0 unspecified atom stereocenters. The van der Waals surface area contributed by atoms with E-state index in [1.165, 1.54) is 0 Å². The van der Waals surface area contributed by atoms with Crippen molar-refractivity contribution in [3.05, 3.63) is 35.0 Å². The number of hydrogen-bond donors (Lipinski definition) is 2. The zero-order valence-electron chi connectivity index (χ0n) is 15.4. The second-order valence-electron chi connectivity index (χ2n) is 7.83. The lowest BCUT2D eigenvalue weighted by molar-refractivity contribution is -0.0427. The molecule has 2 atom stereocenters. The predicted octanol–water partition coefficient (Wildman–Crippen LogP) is 2.46. The first kappa shape index (κ1) is 17.3. The largest absolute Gasteiger partial charge is 0.456 e. The lowest BCUT2D eigenvalue weighted by atomic mass is 9.78. The molecular weight excluding hydrogens is 332 g/mol. The maximum atomic E-state index is 12.5.